The van der Waals surface area contributed by atoms with E-state index in [1.807, 2.05) is 13.8 Å². The first-order valence-corrected chi connectivity index (χ1v) is 9.42. The zero-order valence-corrected chi connectivity index (χ0v) is 17.1. The van der Waals surface area contributed by atoms with Crippen molar-refractivity contribution in [1.82, 2.24) is 0 Å². The Kier molecular flexibility index (Phi) is 7.86. The third-order valence-corrected chi connectivity index (χ3v) is 5.60. The molecule has 0 saturated heterocycles. The van der Waals surface area contributed by atoms with Crippen molar-refractivity contribution in [2.24, 2.45) is 17.3 Å². The van der Waals surface area contributed by atoms with Crippen LogP contribution in [-0.2, 0) is 0 Å². The molecule has 0 amide bonds. The van der Waals surface area contributed by atoms with E-state index < -0.39 is 0 Å². The largest absolute Gasteiger partial charge is 0.212 e. The molecule has 0 aromatic rings. The first kappa shape index (κ1) is 21.4. The van der Waals surface area contributed by atoms with Gasteiger partial charge in [-0.05, 0) is 61.3 Å². The van der Waals surface area contributed by atoms with Gasteiger partial charge in [0.25, 0.3) is 0 Å². The smallest absolute Gasteiger partial charge is 0.101 e. The second-order valence-electron chi connectivity index (χ2n) is 7.67. The molecule has 1 rings (SSSR count). The zero-order chi connectivity index (χ0) is 19.2. The number of rotatable bonds is 7. The van der Waals surface area contributed by atoms with Crippen molar-refractivity contribution in [1.29, 1.82) is 0 Å². The van der Waals surface area contributed by atoms with Crippen LogP contribution in [0.2, 0.25) is 0 Å². The van der Waals surface area contributed by atoms with Crippen LogP contribution in [0.25, 0.3) is 0 Å². The van der Waals surface area contributed by atoms with Crippen LogP contribution in [0.1, 0.15) is 61.3 Å². The maximum absolute atomic E-state index is 14.4. The lowest BCUT2D eigenvalue weighted by molar-refractivity contribution is 0.196. The molecule has 138 valence electrons. The quantitative estimate of drug-likeness (QED) is 0.326. The number of hydrogen-bond acceptors (Lipinski definition) is 0. The van der Waals surface area contributed by atoms with Gasteiger partial charge in [0.05, 0.1) is 0 Å². The standard InChI is InChI=1S/C24H35F/c1-9-11-14-24(8,17(3)4)22-16-21(25)15-20(7)23(22)19(6)13-12-18(5)10-2/h10-15,17,22H,6,9,16H2,1-5,7-8H3/b13-12-,14-11?,18-10-. The molecule has 25 heavy (non-hydrogen) atoms. The summed E-state index contributed by atoms with van der Waals surface area (Å²) in [6, 6.07) is 0. The fourth-order valence-corrected chi connectivity index (χ4v) is 3.45. The third kappa shape index (κ3) is 5.17. The normalized spacial score (nSPS) is 22.0. The Morgan fingerprint density at radius 2 is 2.04 bits per heavy atom. The van der Waals surface area contributed by atoms with Gasteiger partial charge in [-0.2, -0.15) is 0 Å². The van der Waals surface area contributed by atoms with Gasteiger partial charge in [0.2, 0.25) is 0 Å². The van der Waals surface area contributed by atoms with Gasteiger partial charge < -0.3 is 0 Å². The first-order chi connectivity index (χ1) is 11.7. The molecule has 2 atom stereocenters. The summed E-state index contributed by atoms with van der Waals surface area (Å²) in [5, 5.41) is 0. The van der Waals surface area contributed by atoms with Crippen molar-refractivity contribution < 1.29 is 4.39 Å². The van der Waals surface area contributed by atoms with Crippen LogP contribution >= 0.6 is 0 Å². The summed E-state index contributed by atoms with van der Waals surface area (Å²) in [7, 11) is 0. The number of allylic oxidation sites excluding steroid dienone is 11. The molecule has 0 bridgehead atoms. The lowest BCUT2D eigenvalue weighted by Gasteiger charge is -2.42. The van der Waals surface area contributed by atoms with Crippen LogP contribution in [0.4, 0.5) is 4.39 Å². The van der Waals surface area contributed by atoms with E-state index in [1.165, 1.54) is 11.1 Å². The van der Waals surface area contributed by atoms with Crippen molar-refractivity contribution in [2.45, 2.75) is 61.3 Å². The minimum absolute atomic E-state index is 0.0237. The first-order valence-electron chi connectivity index (χ1n) is 9.42. The Morgan fingerprint density at radius 1 is 1.40 bits per heavy atom. The summed E-state index contributed by atoms with van der Waals surface area (Å²) in [4.78, 5) is 0. The fourth-order valence-electron chi connectivity index (χ4n) is 3.45. The van der Waals surface area contributed by atoms with Gasteiger partial charge in [-0.3, -0.25) is 0 Å². The van der Waals surface area contributed by atoms with E-state index in [1.54, 1.807) is 6.08 Å². The van der Waals surface area contributed by atoms with Gasteiger partial charge in [0.15, 0.2) is 0 Å². The third-order valence-electron chi connectivity index (χ3n) is 5.60. The lowest BCUT2D eigenvalue weighted by atomic mass is 9.62. The number of halogens is 1. The molecule has 0 fully saturated rings. The molecule has 0 saturated carbocycles. The minimum atomic E-state index is -0.107. The van der Waals surface area contributed by atoms with Gasteiger partial charge in [-0.15, -0.1) is 0 Å². The minimum Gasteiger partial charge on any atom is -0.212 e. The maximum atomic E-state index is 14.4. The molecule has 0 aromatic heterocycles. The summed E-state index contributed by atoms with van der Waals surface area (Å²) < 4.78 is 14.4. The Balaban J connectivity index is 3.41. The van der Waals surface area contributed by atoms with Crippen LogP contribution in [0, 0.1) is 17.3 Å². The van der Waals surface area contributed by atoms with E-state index in [4.69, 9.17) is 0 Å². The van der Waals surface area contributed by atoms with Crippen molar-refractivity contribution in [3.05, 3.63) is 71.2 Å². The molecule has 0 aromatic carbocycles. The van der Waals surface area contributed by atoms with E-state index in [-0.39, 0.29) is 17.2 Å². The molecular formula is C24H35F. The van der Waals surface area contributed by atoms with Gasteiger partial charge in [0, 0.05) is 12.3 Å². The van der Waals surface area contributed by atoms with Crippen molar-refractivity contribution in [3.63, 3.8) is 0 Å². The molecule has 0 radical (unpaired) electrons. The SMILES string of the molecule is C=C(/C=C\C(C)=C/C)C1=C(C)C=C(F)CC1C(C)(C=CCC)C(C)C. The van der Waals surface area contributed by atoms with Crippen LogP contribution in [-0.4, -0.2) is 0 Å². The van der Waals surface area contributed by atoms with E-state index in [9.17, 15) is 4.39 Å². The van der Waals surface area contributed by atoms with Crippen molar-refractivity contribution in [3.8, 4) is 0 Å². The highest BCUT2D eigenvalue weighted by molar-refractivity contribution is 5.50. The molecule has 0 nitrogen and oxygen atoms in total. The predicted molar refractivity (Wildman–Crippen MR) is 110 cm³/mol. The lowest BCUT2D eigenvalue weighted by Crippen LogP contribution is -2.34. The zero-order valence-electron chi connectivity index (χ0n) is 17.1. The molecule has 1 aliphatic rings. The van der Waals surface area contributed by atoms with Gasteiger partial charge >= 0.3 is 0 Å². The molecule has 0 aliphatic heterocycles. The monoisotopic (exact) mass is 342 g/mol. The second-order valence-corrected chi connectivity index (χ2v) is 7.67. The summed E-state index contributed by atoms with van der Waals surface area (Å²) in [5.41, 5.74) is 4.27. The van der Waals surface area contributed by atoms with Gasteiger partial charge in [-0.1, -0.05) is 70.2 Å². The second kappa shape index (κ2) is 9.17. The molecule has 1 heteroatoms. The average molecular weight is 343 g/mol. The average Bonchev–Trinajstić information content (AvgIpc) is 2.56. The van der Waals surface area contributed by atoms with Gasteiger partial charge in [0.1, 0.15) is 5.83 Å². The van der Waals surface area contributed by atoms with E-state index in [0.717, 1.165) is 17.6 Å². The fraction of sp³-hybridized carbons (Fsp3) is 0.500. The summed E-state index contributed by atoms with van der Waals surface area (Å²) in [5.74, 6) is 0.482. The Labute approximate surface area is 154 Å². The summed E-state index contributed by atoms with van der Waals surface area (Å²) in [6.45, 7) is 19.3. The predicted octanol–water partition coefficient (Wildman–Crippen LogP) is 7.88. The molecule has 0 spiro atoms. The van der Waals surface area contributed by atoms with E-state index in [2.05, 4.69) is 71.6 Å². The van der Waals surface area contributed by atoms with Gasteiger partial charge in [-0.25, -0.2) is 4.39 Å². The van der Waals surface area contributed by atoms with Crippen LogP contribution in [0.15, 0.2) is 71.2 Å². The molecule has 0 heterocycles. The highest BCUT2D eigenvalue weighted by Crippen LogP contribution is 2.49. The highest BCUT2D eigenvalue weighted by Gasteiger charge is 2.40. The van der Waals surface area contributed by atoms with E-state index >= 15 is 0 Å². The maximum Gasteiger partial charge on any atom is 0.101 e. The van der Waals surface area contributed by atoms with Crippen LogP contribution in [0.5, 0.6) is 0 Å². The summed E-state index contributed by atoms with van der Waals surface area (Å²) >= 11 is 0. The Bertz CT molecular complexity index is 637. The molecule has 2 unspecified atom stereocenters. The van der Waals surface area contributed by atoms with Crippen molar-refractivity contribution >= 4 is 0 Å². The van der Waals surface area contributed by atoms with Crippen molar-refractivity contribution in [2.75, 3.05) is 0 Å². The Hall–Kier alpha value is -1.63. The molecule has 1 aliphatic carbocycles. The van der Waals surface area contributed by atoms with Crippen LogP contribution < -0.4 is 0 Å². The number of hydrogen-bond donors (Lipinski definition) is 0. The molecular weight excluding hydrogens is 307 g/mol. The van der Waals surface area contributed by atoms with E-state index in [0.29, 0.717) is 12.3 Å². The topological polar surface area (TPSA) is 0 Å². The summed E-state index contributed by atoms with van der Waals surface area (Å²) in [6.07, 6.45) is 13.9. The van der Waals surface area contributed by atoms with Crippen LogP contribution in [0.3, 0.4) is 0 Å². The molecule has 0 N–H and O–H groups in total. The Morgan fingerprint density at radius 3 is 2.56 bits per heavy atom. The highest BCUT2D eigenvalue weighted by atomic mass is 19.1.